The van der Waals surface area contributed by atoms with Crippen molar-refractivity contribution < 1.29 is 13.2 Å². The standard InChI is InChI=1S/C19H18Cl2N4O3S/c1-13-10-18(25(23-13)16-5-3-4-15(21)11-16)22-19(26)12-24(2)29(27,28)17-8-6-14(20)7-9-17/h3-11H,12H2,1-2H3,(H,22,26). The third-order valence-corrected chi connectivity index (χ3v) is 6.34. The second kappa shape index (κ2) is 8.54. The second-order valence-corrected chi connectivity index (χ2v) is 9.24. The number of carbonyl (C=O) groups excluding carboxylic acids is 1. The van der Waals surface area contributed by atoms with E-state index in [1.54, 1.807) is 37.3 Å². The number of sulfonamides is 1. The molecular weight excluding hydrogens is 435 g/mol. The SMILES string of the molecule is Cc1cc(NC(=O)CN(C)S(=O)(=O)c2ccc(Cl)cc2)n(-c2cccc(Cl)c2)n1. The van der Waals surface area contributed by atoms with Gasteiger partial charge in [-0.15, -0.1) is 0 Å². The maximum atomic E-state index is 12.6. The first kappa shape index (κ1) is 21.3. The van der Waals surface area contributed by atoms with E-state index in [4.69, 9.17) is 23.2 Å². The molecule has 0 unspecified atom stereocenters. The van der Waals surface area contributed by atoms with Crippen LogP contribution in [0.1, 0.15) is 5.69 Å². The number of aromatic nitrogens is 2. The van der Waals surface area contributed by atoms with E-state index in [9.17, 15) is 13.2 Å². The molecule has 0 fully saturated rings. The molecule has 0 radical (unpaired) electrons. The first-order valence-electron chi connectivity index (χ1n) is 8.51. The van der Waals surface area contributed by atoms with Crippen molar-refractivity contribution in [1.82, 2.24) is 14.1 Å². The van der Waals surface area contributed by atoms with Crippen molar-refractivity contribution in [3.8, 4) is 5.69 Å². The summed E-state index contributed by atoms with van der Waals surface area (Å²) in [4.78, 5) is 12.6. The normalized spacial score (nSPS) is 11.6. The number of hydrogen-bond acceptors (Lipinski definition) is 4. The van der Waals surface area contributed by atoms with Crippen molar-refractivity contribution in [3.63, 3.8) is 0 Å². The molecule has 29 heavy (non-hydrogen) atoms. The summed E-state index contributed by atoms with van der Waals surface area (Å²) in [6.45, 7) is 1.42. The molecule has 0 atom stereocenters. The zero-order valence-electron chi connectivity index (χ0n) is 15.6. The van der Waals surface area contributed by atoms with Crippen molar-refractivity contribution in [1.29, 1.82) is 0 Å². The Bertz CT molecular complexity index is 1140. The fraction of sp³-hybridized carbons (Fsp3) is 0.158. The van der Waals surface area contributed by atoms with Crippen LogP contribution in [0.25, 0.3) is 5.69 Å². The Hall–Kier alpha value is -2.39. The van der Waals surface area contributed by atoms with Crippen LogP contribution in [0.4, 0.5) is 5.82 Å². The van der Waals surface area contributed by atoms with Gasteiger partial charge in [0.05, 0.1) is 22.8 Å². The summed E-state index contributed by atoms with van der Waals surface area (Å²) in [6, 6.07) is 14.4. The first-order valence-corrected chi connectivity index (χ1v) is 10.7. The van der Waals surface area contributed by atoms with Gasteiger partial charge in [-0.2, -0.15) is 9.40 Å². The molecule has 2 aromatic carbocycles. The largest absolute Gasteiger partial charge is 0.309 e. The van der Waals surface area contributed by atoms with Gasteiger partial charge < -0.3 is 5.32 Å². The number of anilines is 1. The number of rotatable bonds is 6. The summed E-state index contributed by atoms with van der Waals surface area (Å²) in [5.74, 6) is -0.0970. The molecular formula is C19H18Cl2N4O3S. The number of carbonyl (C=O) groups is 1. The lowest BCUT2D eigenvalue weighted by Gasteiger charge is -2.17. The van der Waals surface area contributed by atoms with Crippen LogP contribution < -0.4 is 5.32 Å². The van der Waals surface area contributed by atoms with Gasteiger partial charge >= 0.3 is 0 Å². The zero-order chi connectivity index (χ0) is 21.2. The molecule has 0 aliphatic heterocycles. The van der Waals surface area contributed by atoms with Crippen LogP contribution in [0.5, 0.6) is 0 Å². The van der Waals surface area contributed by atoms with Crippen molar-refractivity contribution >= 4 is 45.0 Å². The highest BCUT2D eigenvalue weighted by atomic mass is 35.5. The van der Waals surface area contributed by atoms with Gasteiger partial charge in [0.15, 0.2) is 0 Å². The van der Waals surface area contributed by atoms with Gasteiger partial charge in [-0.3, -0.25) is 4.79 Å². The number of nitrogens with zero attached hydrogens (tertiary/aromatic N) is 3. The predicted octanol–water partition coefficient (Wildman–Crippen LogP) is 3.75. The lowest BCUT2D eigenvalue weighted by atomic mass is 10.3. The molecule has 0 saturated carbocycles. The summed E-state index contributed by atoms with van der Waals surface area (Å²) in [7, 11) is -2.50. The topological polar surface area (TPSA) is 84.3 Å². The van der Waals surface area contributed by atoms with E-state index in [1.807, 2.05) is 0 Å². The van der Waals surface area contributed by atoms with Crippen LogP contribution in [0.3, 0.4) is 0 Å². The molecule has 1 aromatic heterocycles. The highest BCUT2D eigenvalue weighted by Crippen LogP contribution is 2.21. The maximum absolute atomic E-state index is 12.6. The van der Waals surface area contributed by atoms with E-state index < -0.39 is 15.9 Å². The van der Waals surface area contributed by atoms with E-state index >= 15 is 0 Å². The minimum Gasteiger partial charge on any atom is -0.309 e. The van der Waals surface area contributed by atoms with Crippen LogP contribution in [-0.4, -0.2) is 42.0 Å². The van der Waals surface area contributed by atoms with Gasteiger partial charge in [0.1, 0.15) is 5.82 Å². The highest BCUT2D eigenvalue weighted by Gasteiger charge is 2.23. The Morgan fingerprint density at radius 1 is 1.10 bits per heavy atom. The van der Waals surface area contributed by atoms with E-state index in [1.165, 1.54) is 36.0 Å². The average molecular weight is 453 g/mol. The van der Waals surface area contributed by atoms with E-state index in [-0.39, 0.29) is 11.4 Å². The summed E-state index contributed by atoms with van der Waals surface area (Å²) < 4.78 is 27.8. The Morgan fingerprint density at radius 3 is 2.45 bits per heavy atom. The van der Waals surface area contributed by atoms with Crippen LogP contribution in [0.2, 0.25) is 10.0 Å². The monoisotopic (exact) mass is 452 g/mol. The molecule has 0 bridgehead atoms. The Morgan fingerprint density at radius 2 is 1.79 bits per heavy atom. The fourth-order valence-corrected chi connectivity index (χ4v) is 4.09. The van der Waals surface area contributed by atoms with E-state index in [0.717, 1.165) is 4.31 Å². The quantitative estimate of drug-likeness (QED) is 0.616. The van der Waals surface area contributed by atoms with Crippen LogP contribution in [0.15, 0.2) is 59.5 Å². The third-order valence-electron chi connectivity index (χ3n) is 4.04. The molecule has 3 rings (SSSR count). The van der Waals surface area contributed by atoms with Gasteiger partial charge in [-0.25, -0.2) is 13.1 Å². The lowest BCUT2D eigenvalue weighted by molar-refractivity contribution is -0.116. The van der Waals surface area contributed by atoms with Gasteiger partial charge in [0.2, 0.25) is 15.9 Å². The number of aryl methyl sites for hydroxylation is 1. The number of nitrogens with one attached hydrogen (secondary N) is 1. The molecule has 1 heterocycles. The summed E-state index contributed by atoms with van der Waals surface area (Å²) in [6.07, 6.45) is 0. The Balaban J connectivity index is 1.77. The van der Waals surface area contributed by atoms with E-state index in [0.29, 0.717) is 27.2 Å². The predicted molar refractivity (Wildman–Crippen MR) is 113 cm³/mol. The molecule has 0 spiro atoms. The molecule has 1 N–H and O–H groups in total. The van der Waals surface area contributed by atoms with Crippen molar-refractivity contribution in [2.24, 2.45) is 0 Å². The number of likely N-dealkylation sites (N-methyl/N-ethyl adjacent to an activating group) is 1. The third kappa shape index (κ3) is 4.97. The minimum atomic E-state index is -3.83. The van der Waals surface area contributed by atoms with Crippen molar-refractivity contribution in [2.75, 3.05) is 18.9 Å². The minimum absolute atomic E-state index is 0.0528. The molecule has 0 aliphatic rings. The molecule has 10 heteroatoms. The molecule has 1 amide bonds. The van der Waals surface area contributed by atoms with Crippen LogP contribution in [0, 0.1) is 6.92 Å². The summed E-state index contributed by atoms with van der Waals surface area (Å²) in [5, 5.41) is 8.02. The number of amides is 1. The lowest BCUT2D eigenvalue weighted by Crippen LogP contribution is -2.35. The van der Waals surface area contributed by atoms with Gasteiger partial charge in [0.25, 0.3) is 0 Å². The molecule has 0 aliphatic carbocycles. The van der Waals surface area contributed by atoms with Crippen molar-refractivity contribution in [3.05, 3.63) is 70.3 Å². The van der Waals surface area contributed by atoms with Gasteiger partial charge in [-0.05, 0) is 49.4 Å². The van der Waals surface area contributed by atoms with Crippen molar-refractivity contribution in [2.45, 2.75) is 11.8 Å². The maximum Gasteiger partial charge on any atom is 0.243 e. The van der Waals surface area contributed by atoms with Crippen LogP contribution >= 0.6 is 23.2 Å². The fourth-order valence-electron chi connectivity index (χ4n) is 2.65. The second-order valence-electron chi connectivity index (χ2n) is 6.33. The molecule has 152 valence electrons. The first-order chi connectivity index (χ1) is 13.7. The molecule has 0 saturated heterocycles. The summed E-state index contributed by atoms with van der Waals surface area (Å²) in [5.41, 5.74) is 1.35. The zero-order valence-corrected chi connectivity index (χ0v) is 18.0. The number of halogens is 2. The van der Waals surface area contributed by atoms with Crippen LogP contribution in [-0.2, 0) is 14.8 Å². The Kier molecular flexibility index (Phi) is 6.28. The average Bonchev–Trinajstić information content (AvgIpc) is 3.02. The smallest absolute Gasteiger partial charge is 0.243 e. The van der Waals surface area contributed by atoms with Gasteiger partial charge in [-0.1, -0.05) is 29.3 Å². The summed E-state index contributed by atoms with van der Waals surface area (Å²) >= 11 is 11.8. The molecule has 7 nitrogen and oxygen atoms in total. The Labute approximate surface area is 178 Å². The number of benzene rings is 2. The van der Waals surface area contributed by atoms with E-state index in [2.05, 4.69) is 10.4 Å². The molecule has 3 aromatic rings. The highest BCUT2D eigenvalue weighted by molar-refractivity contribution is 7.89. The number of hydrogen-bond donors (Lipinski definition) is 1. The van der Waals surface area contributed by atoms with Gasteiger partial charge in [0, 0.05) is 23.2 Å².